The largest absolute Gasteiger partial charge is 0.507 e. The molecule has 5 nitrogen and oxygen atoms in total. The van der Waals surface area contributed by atoms with E-state index in [9.17, 15) is 15.0 Å². The Morgan fingerprint density at radius 1 is 1.28 bits per heavy atom. The maximum atomic E-state index is 12.6. The Hall–Kier alpha value is -2.53. The van der Waals surface area contributed by atoms with Crippen LogP contribution in [0.25, 0.3) is 0 Å². The van der Waals surface area contributed by atoms with E-state index < -0.39 is 6.10 Å². The second-order valence-electron chi connectivity index (χ2n) is 6.56. The average Bonchev–Trinajstić information content (AvgIpc) is 2.62. The number of carbonyl (C=O) groups is 1. The number of anilines is 1. The van der Waals surface area contributed by atoms with Crippen LogP contribution < -0.4 is 5.32 Å². The molecule has 1 fully saturated rings. The average molecular weight is 340 g/mol. The first kappa shape index (κ1) is 17.3. The third-order valence-corrected chi connectivity index (χ3v) is 4.60. The Balaban J connectivity index is 1.69. The highest BCUT2D eigenvalue weighted by Crippen LogP contribution is 2.23. The van der Waals surface area contributed by atoms with Crippen LogP contribution in [0.5, 0.6) is 5.75 Å². The van der Waals surface area contributed by atoms with E-state index in [2.05, 4.69) is 5.32 Å². The summed E-state index contributed by atoms with van der Waals surface area (Å²) in [6.07, 6.45) is 1.16. The molecule has 0 aromatic heterocycles. The monoisotopic (exact) mass is 340 g/mol. The summed E-state index contributed by atoms with van der Waals surface area (Å²) in [7, 11) is 0. The van der Waals surface area contributed by atoms with Crippen LogP contribution in [0.1, 0.15) is 34.3 Å². The van der Waals surface area contributed by atoms with Gasteiger partial charge in [-0.3, -0.25) is 4.79 Å². The summed E-state index contributed by atoms with van der Waals surface area (Å²) in [5, 5.41) is 23.1. The topological polar surface area (TPSA) is 72.8 Å². The number of aryl methyl sites for hydroxylation is 1. The molecule has 1 saturated heterocycles. The number of hydrogen-bond donors (Lipinski definition) is 3. The van der Waals surface area contributed by atoms with Crippen molar-refractivity contribution in [2.45, 2.75) is 32.4 Å². The van der Waals surface area contributed by atoms with Gasteiger partial charge in [-0.1, -0.05) is 24.3 Å². The lowest BCUT2D eigenvalue weighted by molar-refractivity contribution is 0.0474. The lowest BCUT2D eigenvalue weighted by atomic mass is 10.1. The fourth-order valence-electron chi connectivity index (χ4n) is 3.14. The van der Waals surface area contributed by atoms with Gasteiger partial charge in [-0.05, 0) is 43.5 Å². The molecule has 1 unspecified atom stereocenters. The van der Waals surface area contributed by atoms with Crippen molar-refractivity contribution < 1.29 is 15.0 Å². The van der Waals surface area contributed by atoms with Crippen molar-refractivity contribution >= 4 is 11.6 Å². The van der Waals surface area contributed by atoms with E-state index in [0.717, 1.165) is 29.7 Å². The van der Waals surface area contributed by atoms with Gasteiger partial charge >= 0.3 is 0 Å². The molecule has 1 aliphatic heterocycles. The lowest BCUT2D eigenvalue weighted by Gasteiger charge is -2.30. The van der Waals surface area contributed by atoms with Crippen LogP contribution in [-0.4, -0.2) is 40.2 Å². The van der Waals surface area contributed by atoms with Crippen molar-refractivity contribution in [2.75, 3.05) is 18.4 Å². The highest BCUT2D eigenvalue weighted by Gasteiger charge is 2.23. The molecule has 1 aliphatic rings. The summed E-state index contributed by atoms with van der Waals surface area (Å²) in [6.45, 7) is 3.43. The fraction of sp³-hybridized carbons (Fsp3) is 0.350. The molecule has 25 heavy (non-hydrogen) atoms. The molecule has 2 aromatic carbocycles. The van der Waals surface area contributed by atoms with Crippen LogP contribution >= 0.6 is 0 Å². The SMILES string of the molecule is Cc1cccc(CNc2cccc(C(=O)N3CCCC(O)C3)c2)c1O. The standard InChI is InChI=1S/C20H24N2O3/c1-14-5-2-7-16(19(14)24)12-21-17-8-3-6-15(11-17)20(25)22-10-4-9-18(23)13-22/h2-3,5-8,11,18,21,23-24H,4,9-10,12-13H2,1H3. The number of carbonyl (C=O) groups excluding carboxylic acids is 1. The summed E-state index contributed by atoms with van der Waals surface area (Å²) < 4.78 is 0. The molecule has 3 rings (SSSR count). The van der Waals surface area contributed by atoms with Gasteiger partial charge in [0.05, 0.1) is 6.10 Å². The van der Waals surface area contributed by atoms with Gasteiger partial charge in [-0.15, -0.1) is 0 Å². The number of amides is 1. The number of rotatable bonds is 4. The first-order valence-electron chi connectivity index (χ1n) is 8.63. The molecule has 0 spiro atoms. The maximum absolute atomic E-state index is 12.6. The van der Waals surface area contributed by atoms with Crippen molar-refractivity contribution in [3.63, 3.8) is 0 Å². The van der Waals surface area contributed by atoms with E-state index in [1.807, 2.05) is 43.3 Å². The van der Waals surface area contributed by atoms with Crippen molar-refractivity contribution in [1.82, 2.24) is 4.90 Å². The van der Waals surface area contributed by atoms with Crippen LogP contribution in [0.15, 0.2) is 42.5 Å². The van der Waals surface area contributed by atoms with Crippen LogP contribution in [0.4, 0.5) is 5.69 Å². The van der Waals surface area contributed by atoms with Gasteiger partial charge in [-0.25, -0.2) is 0 Å². The minimum atomic E-state index is -0.427. The maximum Gasteiger partial charge on any atom is 0.254 e. The van der Waals surface area contributed by atoms with E-state index >= 15 is 0 Å². The molecular formula is C20H24N2O3. The molecule has 132 valence electrons. The van der Waals surface area contributed by atoms with Crippen LogP contribution in [0, 0.1) is 6.92 Å². The van der Waals surface area contributed by atoms with Crippen molar-refractivity contribution in [3.05, 3.63) is 59.2 Å². The van der Waals surface area contributed by atoms with Crippen molar-refractivity contribution in [1.29, 1.82) is 0 Å². The molecular weight excluding hydrogens is 316 g/mol. The highest BCUT2D eigenvalue weighted by molar-refractivity contribution is 5.95. The Bertz CT molecular complexity index is 760. The molecule has 1 amide bonds. The third kappa shape index (κ3) is 4.12. The van der Waals surface area contributed by atoms with Crippen LogP contribution in [0.3, 0.4) is 0 Å². The zero-order chi connectivity index (χ0) is 17.8. The fourth-order valence-corrected chi connectivity index (χ4v) is 3.14. The summed E-state index contributed by atoms with van der Waals surface area (Å²) >= 11 is 0. The van der Waals surface area contributed by atoms with Gasteiger partial charge < -0.3 is 20.4 Å². The number of aliphatic hydroxyl groups is 1. The van der Waals surface area contributed by atoms with Gasteiger partial charge in [0.1, 0.15) is 5.75 Å². The van der Waals surface area contributed by atoms with Crippen LogP contribution in [0.2, 0.25) is 0 Å². The van der Waals surface area contributed by atoms with E-state index in [1.165, 1.54) is 0 Å². The number of likely N-dealkylation sites (tertiary alicyclic amines) is 1. The minimum Gasteiger partial charge on any atom is -0.507 e. The summed E-state index contributed by atoms with van der Waals surface area (Å²) in [5.41, 5.74) is 3.08. The van der Waals surface area contributed by atoms with Gasteiger partial charge in [-0.2, -0.15) is 0 Å². The first-order valence-corrected chi connectivity index (χ1v) is 8.63. The number of hydrogen-bond acceptors (Lipinski definition) is 4. The molecule has 0 bridgehead atoms. The third-order valence-electron chi connectivity index (χ3n) is 4.60. The Kier molecular flexibility index (Phi) is 5.24. The predicted molar refractivity (Wildman–Crippen MR) is 97.8 cm³/mol. The molecule has 1 atom stereocenters. The smallest absolute Gasteiger partial charge is 0.254 e. The number of para-hydroxylation sites is 1. The normalized spacial score (nSPS) is 17.4. The summed E-state index contributed by atoms with van der Waals surface area (Å²) in [4.78, 5) is 14.3. The second kappa shape index (κ2) is 7.57. The minimum absolute atomic E-state index is 0.0548. The Morgan fingerprint density at radius 3 is 2.88 bits per heavy atom. The number of phenols is 1. The number of piperidine rings is 1. The zero-order valence-corrected chi connectivity index (χ0v) is 14.4. The molecule has 2 aromatic rings. The predicted octanol–water partition coefficient (Wildman–Crippen LogP) is 2.91. The van der Waals surface area contributed by atoms with Gasteiger partial charge in [0.25, 0.3) is 5.91 Å². The van der Waals surface area contributed by atoms with E-state index in [4.69, 9.17) is 0 Å². The van der Waals surface area contributed by atoms with Crippen LogP contribution in [-0.2, 0) is 6.54 Å². The molecule has 0 aliphatic carbocycles. The molecule has 5 heteroatoms. The van der Waals surface area contributed by atoms with Gasteiger partial charge in [0, 0.05) is 36.4 Å². The zero-order valence-electron chi connectivity index (χ0n) is 14.4. The molecule has 0 radical (unpaired) electrons. The molecule has 0 saturated carbocycles. The lowest BCUT2D eigenvalue weighted by Crippen LogP contribution is -2.42. The van der Waals surface area contributed by atoms with Crippen molar-refractivity contribution in [3.8, 4) is 5.75 Å². The van der Waals surface area contributed by atoms with Gasteiger partial charge in [0.15, 0.2) is 0 Å². The molecule has 1 heterocycles. The summed E-state index contributed by atoms with van der Waals surface area (Å²) in [6, 6.07) is 13.0. The number of benzene rings is 2. The quantitative estimate of drug-likeness (QED) is 0.800. The summed E-state index contributed by atoms with van der Waals surface area (Å²) in [5.74, 6) is 0.241. The van der Waals surface area contributed by atoms with E-state index in [1.54, 1.807) is 11.0 Å². The number of nitrogens with one attached hydrogen (secondary N) is 1. The number of aromatic hydroxyl groups is 1. The highest BCUT2D eigenvalue weighted by atomic mass is 16.3. The Labute approximate surface area is 147 Å². The van der Waals surface area contributed by atoms with Gasteiger partial charge in [0.2, 0.25) is 0 Å². The van der Waals surface area contributed by atoms with E-state index in [-0.39, 0.29) is 5.91 Å². The Morgan fingerprint density at radius 2 is 2.08 bits per heavy atom. The number of aliphatic hydroxyl groups excluding tert-OH is 1. The van der Waals surface area contributed by atoms with Crippen molar-refractivity contribution in [2.24, 2.45) is 0 Å². The second-order valence-corrected chi connectivity index (χ2v) is 6.56. The first-order chi connectivity index (χ1) is 12.0. The van der Waals surface area contributed by atoms with E-state index in [0.29, 0.717) is 30.9 Å². The number of nitrogens with zero attached hydrogens (tertiary/aromatic N) is 1. The number of β-amino-alcohol motifs (C(OH)–C–C–N with tert-alkyl or cyclic N) is 1. The molecule has 3 N–H and O–H groups in total. The number of phenolic OH excluding ortho intramolecular Hbond substituents is 1.